The summed E-state index contributed by atoms with van der Waals surface area (Å²) in [5.41, 5.74) is 0.721. The van der Waals surface area contributed by atoms with Gasteiger partial charge in [0, 0.05) is 37.7 Å². The van der Waals surface area contributed by atoms with E-state index in [1.54, 1.807) is 47.5 Å². The van der Waals surface area contributed by atoms with E-state index >= 15 is 0 Å². The lowest BCUT2D eigenvalue weighted by Gasteiger charge is -2.26. The van der Waals surface area contributed by atoms with Crippen molar-refractivity contribution >= 4 is 11.9 Å². The molecule has 11 heteroatoms. The Hall–Kier alpha value is -3.60. The monoisotopic (exact) mass is 396 g/mol. The molecule has 1 amide bonds. The second kappa shape index (κ2) is 9.06. The minimum Gasteiger partial charge on any atom is -0.466 e. The molecule has 1 fully saturated rings. The first kappa shape index (κ1) is 18.7. The van der Waals surface area contributed by atoms with Crippen molar-refractivity contribution in [3.63, 3.8) is 0 Å². The van der Waals surface area contributed by atoms with Gasteiger partial charge in [-0.05, 0) is 18.2 Å². The van der Waals surface area contributed by atoms with E-state index in [0.717, 1.165) is 18.8 Å². The molecule has 0 bridgehead atoms. The Labute approximate surface area is 166 Å². The van der Waals surface area contributed by atoms with Crippen LogP contribution in [0.3, 0.4) is 0 Å². The van der Waals surface area contributed by atoms with E-state index in [4.69, 9.17) is 9.47 Å². The third-order valence-electron chi connectivity index (χ3n) is 4.18. The summed E-state index contributed by atoms with van der Waals surface area (Å²) in [6.07, 6.45) is 5.10. The smallest absolute Gasteiger partial charge is 0.258 e. The van der Waals surface area contributed by atoms with E-state index in [1.807, 2.05) is 0 Å². The van der Waals surface area contributed by atoms with Gasteiger partial charge in [0.1, 0.15) is 0 Å². The fraction of sp³-hybridized carbons (Fsp3) is 0.333. The number of anilines is 1. The number of amides is 1. The lowest BCUT2D eigenvalue weighted by molar-refractivity contribution is -0.123. The number of carbonyl (C=O) groups is 1. The Morgan fingerprint density at radius 3 is 2.83 bits per heavy atom. The van der Waals surface area contributed by atoms with Crippen LogP contribution in [0.15, 0.2) is 42.9 Å². The van der Waals surface area contributed by atoms with Gasteiger partial charge in [0.2, 0.25) is 11.8 Å². The van der Waals surface area contributed by atoms with Crippen molar-refractivity contribution in [3.8, 4) is 11.7 Å². The number of ether oxygens (including phenoxy) is 2. The molecular formula is C18H20N8O3. The first-order valence-electron chi connectivity index (χ1n) is 9.16. The second-order valence-corrected chi connectivity index (χ2v) is 6.19. The molecule has 0 atom stereocenters. The SMILES string of the molecule is O=C(COc1ccc(-n2cccn2)nn1)NCc1ccnc(N2CCOCC2)n1. The van der Waals surface area contributed by atoms with Crippen LogP contribution in [0.1, 0.15) is 5.69 Å². The molecule has 0 aliphatic carbocycles. The van der Waals surface area contributed by atoms with Crippen LogP contribution in [-0.2, 0) is 16.1 Å². The Balaban J connectivity index is 1.25. The Kier molecular flexibility index (Phi) is 5.86. The Morgan fingerprint density at radius 2 is 2.07 bits per heavy atom. The molecule has 1 aliphatic heterocycles. The van der Waals surface area contributed by atoms with Crippen molar-refractivity contribution in [2.45, 2.75) is 6.54 Å². The maximum Gasteiger partial charge on any atom is 0.258 e. The Morgan fingerprint density at radius 1 is 1.17 bits per heavy atom. The molecule has 0 spiro atoms. The van der Waals surface area contributed by atoms with Crippen LogP contribution in [0, 0.1) is 0 Å². The predicted molar refractivity (Wildman–Crippen MR) is 102 cm³/mol. The fourth-order valence-corrected chi connectivity index (χ4v) is 2.69. The van der Waals surface area contributed by atoms with Gasteiger partial charge in [-0.3, -0.25) is 4.79 Å². The molecule has 0 aromatic carbocycles. The topological polar surface area (TPSA) is 120 Å². The van der Waals surface area contributed by atoms with Crippen molar-refractivity contribution in [1.82, 2.24) is 35.3 Å². The second-order valence-electron chi connectivity index (χ2n) is 6.19. The molecular weight excluding hydrogens is 376 g/mol. The van der Waals surface area contributed by atoms with Gasteiger partial charge >= 0.3 is 0 Å². The lowest BCUT2D eigenvalue weighted by Crippen LogP contribution is -2.37. The summed E-state index contributed by atoms with van der Waals surface area (Å²) in [6, 6.07) is 6.90. The maximum atomic E-state index is 12.1. The molecule has 3 aromatic rings. The van der Waals surface area contributed by atoms with E-state index < -0.39 is 0 Å². The van der Waals surface area contributed by atoms with Gasteiger partial charge in [-0.15, -0.1) is 10.2 Å². The third kappa shape index (κ3) is 5.02. The highest BCUT2D eigenvalue weighted by molar-refractivity contribution is 5.77. The van der Waals surface area contributed by atoms with Crippen LogP contribution < -0.4 is 15.0 Å². The minimum absolute atomic E-state index is 0.169. The van der Waals surface area contributed by atoms with E-state index in [2.05, 4.69) is 35.5 Å². The van der Waals surface area contributed by atoms with Crippen LogP contribution in [0.5, 0.6) is 5.88 Å². The molecule has 1 aliphatic rings. The summed E-state index contributed by atoms with van der Waals surface area (Å²) < 4.78 is 12.3. The maximum absolute atomic E-state index is 12.1. The number of rotatable bonds is 7. The average Bonchev–Trinajstić information content (AvgIpc) is 3.32. The van der Waals surface area contributed by atoms with Gasteiger partial charge < -0.3 is 19.7 Å². The van der Waals surface area contributed by atoms with Crippen LogP contribution in [0.2, 0.25) is 0 Å². The zero-order valence-corrected chi connectivity index (χ0v) is 15.6. The van der Waals surface area contributed by atoms with Gasteiger partial charge in [0.25, 0.3) is 5.91 Å². The molecule has 3 aromatic heterocycles. The molecule has 11 nitrogen and oxygen atoms in total. The van der Waals surface area contributed by atoms with Crippen molar-refractivity contribution in [1.29, 1.82) is 0 Å². The number of nitrogens with zero attached hydrogens (tertiary/aromatic N) is 7. The summed E-state index contributed by atoms with van der Waals surface area (Å²) in [5.74, 6) is 1.18. The molecule has 0 radical (unpaired) electrons. The molecule has 1 N–H and O–H groups in total. The quantitative estimate of drug-likeness (QED) is 0.587. The van der Waals surface area contributed by atoms with Gasteiger partial charge in [-0.2, -0.15) is 5.10 Å². The molecule has 0 unspecified atom stereocenters. The van der Waals surface area contributed by atoms with Crippen LogP contribution in [-0.4, -0.2) is 68.8 Å². The molecule has 4 heterocycles. The highest BCUT2D eigenvalue weighted by atomic mass is 16.5. The summed E-state index contributed by atoms with van der Waals surface area (Å²) in [7, 11) is 0. The van der Waals surface area contributed by atoms with Crippen molar-refractivity contribution < 1.29 is 14.3 Å². The number of carbonyl (C=O) groups excluding carboxylic acids is 1. The number of hydrogen-bond donors (Lipinski definition) is 1. The molecule has 29 heavy (non-hydrogen) atoms. The number of nitrogens with one attached hydrogen (secondary N) is 1. The van der Waals surface area contributed by atoms with E-state index in [0.29, 0.717) is 25.0 Å². The highest BCUT2D eigenvalue weighted by Crippen LogP contribution is 2.10. The zero-order valence-electron chi connectivity index (χ0n) is 15.6. The lowest BCUT2D eigenvalue weighted by atomic mass is 10.4. The first-order chi connectivity index (χ1) is 14.3. The third-order valence-corrected chi connectivity index (χ3v) is 4.18. The van der Waals surface area contributed by atoms with Crippen molar-refractivity contribution in [2.75, 3.05) is 37.8 Å². The molecule has 4 rings (SSSR count). The minimum atomic E-state index is -0.283. The summed E-state index contributed by atoms with van der Waals surface area (Å²) in [5, 5.41) is 14.8. The molecule has 1 saturated heterocycles. The van der Waals surface area contributed by atoms with Crippen LogP contribution >= 0.6 is 0 Å². The summed E-state index contributed by atoms with van der Waals surface area (Å²) in [4.78, 5) is 22.9. The molecule has 0 saturated carbocycles. The predicted octanol–water partition coefficient (Wildman–Crippen LogP) is -0.0159. The summed E-state index contributed by atoms with van der Waals surface area (Å²) >= 11 is 0. The number of hydrogen-bond acceptors (Lipinski definition) is 9. The van der Waals surface area contributed by atoms with E-state index in [9.17, 15) is 4.79 Å². The average molecular weight is 396 g/mol. The highest BCUT2D eigenvalue weighted by Gasteiger charge is 2.14. The van der Waals surface area contributed by atoms with Crippen molar-refractivity contribution in [3.05, 3.63) is 48.5 Å². The first-order valence-corrected chi connectivity index (χ1v) is 9.16. The fourth-order valence-electron chi connectivity index (χ4n) is 2.69. The Bertz CT molecular complexity index is 927. The summed E-state index contributed by atoms with van der Waals surface area (Å²) in [6.45, 7) is 2.94. The van der Waals surface area contributed by atoms with Gasteiger partial charge in [0.05, 0.1) is 25.5 Å². The van der Waals surface area contributed by atoms with E-state index in [1.165, 1.54) is 0 Å². The number of aromatic nitrogens is 6. The van der Waals surface area contributed by atoms with E-state index in [-0.39, 0.29) is 24.9 Å². The van der Waals surface area contributed by atoms with Gasteiger partial charge in [-0.25, -0.2) is 14.6 Å². The van der Waals surface area contributed by atoms with Crippen molar-refractivity contribution in [2.24, 2.45) is 0 Å². The standard InChI is InChI=1S/C18H20N8O3/c27-16(13-29-17-3-2-15(23-24-17)26-7-1-5-21-26)20-12-14-4-6-19-18(22-14)25-8-10-28-11-9-25/h1-7H,8-13H2,(H,20,27). The van der Waals surface area contributed by atoms with Gasteiger partial charge in [0.15, 0.2) is 12.4 Å². The number of morpholine rings is 1. The van der Waals surface area contributed by atoms with Crippen LogP contribution in [0.4, 0.5) is 5.95 Å². The van der Waals surface area contributed by atoms with Crippen LogP contribution in [0.25, 0.3) is 5.82 Å². The molecule has 150 valence electrons. The largest absolute Gasteiger partial charge is 0.466 e. The normalized spacial score (nSPS) is 13.9. The van der Waals surface area contributed by atoms with Gasteiger partial charge in [-0.1, -0.05) is 0 Å². The zero-order chi connectivity index (χ0) is 19.9.